The van der Waals surface area contributed by atoms with Gasteiger partial charge in [-0.3, -0.25) is 4.68 Å². The molecule has 0 radical (unpaired) electrons. The number of sulfonamides is 1. The van der Waals surface area contributed by atoms with E-state index in [0.29, 0.717) is 5.76 Å². The van der Waals surface area contributed by atoms with Crippen LogP contribution < -0.4 is 4.72 Å². The molecule has 0 amide bonds. The summed E-state index contributed by atoms with van der Waals surface area (Å²) in [5.41, 5.74) is 1.80. The summed E-state index contributed by atoms with van der Waals surface area (Å²) in [5, 5.41) is 4.47. The van der Waals surface area contributed by atoms with Crippen molar-refractivity contribution in [1.82, 2.24) is 14.5 Å². The molecule has 0 aliphatic rings. The van der Waals surface area contributed by atoms with E-state index in [2.05, 4.69) is 25.8 Å². The van der Waals surface area contributed by atoms with E-state index in [0.717, 1.165) is 15.9 Å². The van der Waals surface area contributed by atoms with Crippen molar-refractivity contribution < 1.29 is 12.8 Å². The number of aromatic nitrogens is 2. The number of halogens is 1. The fourth-order valence-corrected chi connectivity index (χ4v) is 3.94. The molecule has 1 atom stereocenters. The van der Waals surface area contributed by atoms with Crippen LogP contribution in [-0.2, 0) is 10.0 Å². The second-order valence-electron chi connectivity index (χ2n) is 5.71. The van der Waals surface area contributed by atoms with Gasteiger partial charge in [0.2, 0.25) is 10.0 Å². The molecule has 1 unspecified atom stereocenters. The maximum Gasteiger partial charge on any atom is 0.240 e. The average molecular weight is 424 g/mol. The Hall–Kier alpha value is -1.90. The lowest BCUT2D eigenvalue weighted by atomic mass is 10.2. The van der Waals surface area contributed by atoms with E-state index in [-0.39, 0.29) is 17.5 Å². The molecule has 0 saturated heterocycles. The topological polar surface area (TPSA) is 77.1 Å². The lowest BCUT2D eigenvalue weighted by Gasteiger charge is -2.18. The fraction of sp³-hybridized carbons (Fsp3) is 0.235. The van der Waals surface area contributed by atoms with Gasteiger partial charge in [0, 0.05) is 16.7 Å². The van der Waals surface area contributed by atoms with Gasteiger partial charge < -0.3 is 4.42 Å². The Morgan fingerprint density at radius 2 is 1.96 bits per heavy atom. The Kier molecular flexibility index (Phi) is 5.12. The second-order valence-corrected chi connectivity index (χ2v) is 8.39. The van der Waals surface area contributed by atoms with E-state index in [1.807, 2.05) is 26.0 Å². The highest BCUT2D eigenvalue weighted by atomic mass is 79.9. The molecule has 132 valence electrons. The zero-order valence-corrected chi connectivity index (χ0v) is 16.2. The Labute approximate surface area is 155 Å². The van der Waals surface area contributed by atoms with Crippen molar-refractivity contribution >= 4 is 26.0 Å². The number of furan rings is 1. The van der Waals surface area contributed by atoms with E-state index < -0.39 is 10.0 Å². The molecule has 3 aromatic rings. The number of benzene rings is 1. The van der Waals surface area contributed by atoms with Crippen molar-refractivity contribution in [1.29, 1.82) is 0 Å². The highest BCUT2D eigenvalue weighted by Crippen LogP contribution is 2.21. The Morgan fingerprint density at radius 1 is 1.24 bits per heavy atom. The normalized spacial score (nSPS) is 13.1. The molecule has 1 N–H and O–H groups in total. The minimum absolute atomic E-state index is 0.133. The van der Waals surface area contributed by atoms with Crippen LogP contribution in [0, 0.1) is 13.8 Å². The van der Waals surface area contributed by atoms with Crippen molar-refractivity contribution in [2.24, 2.45) is 0 Å². The van der Waals surface area contributed by atoms with Crippen LogP contribution in [0.25, 0.3) is 0 Å². The van der Waals surface area contributed by atoms with Gasteiger partial charge in [-0.15, -0.1) is 0 Å². The molecule has 3 rings (SSSR count). The van der Waals surface area contributed by atoms with Crippen molar-refractivity contribution in [3.63, 3.8) is 0 Å². The maximum absolute atomic E-state index is 12.6. The van der Waals surface area contributed by atoms with Crippen LogP contribution in [0.3, 0.4) is 0 Å². The van der Waals surface area contributed by atoms with Gasteiger partial charge >= 0.3 is 0 Å². The van der Waals surface area contributed by atoms with Crippen LogP contribution in [0.5, 0.6) is 0 Å². The van der Waals surface area contributed by atoms with Crippen molar-refractivity contribution in [2.45, 2.75) is 24.8 Å². The largest absolute Gasteiger partial charge is 0.467 e. The zero-order chi connectivity index (χ0) is 18.0. The SMILES string of the molecule is Cc1cc(C)n(C(CNS(=O)(=O)c2ccc(Br)cc2)c2ccco2)n1. The summed E-state index contributed by atoms with van der Waals surface area (Å²) in [4.78, 5) is 0.210. The summed E-state index contributed by atoms with van der Waals surface area (Å²) >= 11 is 3.30. The monoisotopic (exact) mass is 423 g/mol. The first-order valence-corrected chi connectivity index (χ1v) is 9.96. The third-order valence-electron chi connectivity index (χ3n) is 3.80. The molecular weight excluding hydrogens is 406 g/mol. The molecule has 6 nitrogen and oxygen atoms in total. The first kappa shape index (κ1) is 17.9. The van der Waals surface area contributed by atoms with Gasteiger partial charge in [0.25, 0.3) is 0 Å². The molecule has 8 heteroatoms. The number of aryl methyl sites for hydroxylation is 2. The molecule has 0 spiro atoms. The molecular formula is C17H18BrN3O3S. The molecule has 0 aliphatic carbocycles. The molecule has 25 heavy (non-hydrogen) atoms. The lowest BCUT2D eigenvalue weighted by molar-refractivity contribution is 0.397. The highest BCUT2D eigenvalue weighted by Gasteiger charge is 2.23. The van der Waals surface area contributed by atoms with Crippen LogP contribution in [0.4, 0.5) is 0 Å². The third kappa shape index (κ3) is 4.02. The number of nitrogens with zero attached hydrogens (tertiary/aromatic N) is 2. The van der Waals surface area contributed by atoms with Gasteiger partial charge in [-0.05, 0) is 56.3 Å². The zero-order valence-electron chi connectivity index (χ0n) is 13.8. The fourth-order valence-electron chi connectivity index (χ4n) is 2.64. The van der Waals surface area contributed by atoms with Gasteiger partial charge in [0.15, 0.2) is 0 Å². The molecule has 0 bridgehead atoms. The minimum atomic E-state index is -3.63. The smallest absolute Gasteiger partial charge is 0.240 e. The molecule has 2 aromatic heterocycles. The maximum atomic E-state index is 12.6. The predicted octanol–water partition coefficient (Wildman–Crippen LogP) is 3.42. The van der Waals surface area contributed by atoms with Crippen molar-refractivity contribution in [3.8, 4) is 0 Å². The summed E-state index contributed by atoms with van der Waals surface area (Å²) in [7, 11) is -3.63. The summed E-state index contributed by atoms with van der Waals surface area (Å²) in [6.45, 7) is 3.96. The molecule has 1 aromatic carbocycles. The summed E-state index contributed by atoms with van der Waals surface area (Å²) in [5.74, 6) is 0.643. The average Bonchev–Trinajstić information content (AvgIpc) is 3.18. The number of hydrogen-bond donors (Lipinski definition) is 1. The molecule has 0 aliphatic heterocycles. The lowest BCUT2D eigenvalue weighted by Crippen LogP contribution is -2.32. The number of nitrogens with one attached hydrogen (secondary N) is 1. The Morgan fingerprint density at radius 3 is 2.52 bits per heavy atom. The Bertz CT molecular complexity index is 948. The van der Waals surface area contributed by atoms with Crippen LogP contribution in [0.1, 0.15) is 23.2 Å². The Balaban J connectivity index is 1.86. The van der Waals surface area contributed by atoms with Gasteiger partial charge in [-0.25, -0.2) is 13.1 Å². The molecule has 0 fully saturated rings. The summed E-state index contributed by atoms with van der Waals surface area (Å²) in [6.07, 6.45) is 1.57. The van der Waals surface area contributed by atoms with E-state index in [1.165, 1.54) is 0 Å². The quantitative estimate of drug-likeness (QED) is 0.658. The predicted molar refractivity (Wildman–Crippen MR) is 97.9 cm³/mol. The highest BCUT2D eigenvalue weighted by molar-refractivity contribution is 9.10. The molecule has 2 heterocycles. The summed E-state index contributed by atoms with van der Waals surface area (Å²) in [6, 6.07) is 11.7. The van der Waals surface area contributed by atoms with Gasteiger partial charge in [-0.2, -0.15) is 5.10 Å². The molecule has 0 saturated carbocycles. The van der Waals surface area contributed by atoms with Gasteiger partial charge in [0.05, 0.1) is 16.9 Å². The van der Waals surface area contributed by atoms with E-state index in [9.17, 15) is 8.42 Å². The van der Waals surface area contributed by atoms with Crippen molar-refractivity contribution in [2.75, 3.05) is 6.54 Å². The minimum Gasteiger partial charge on any atom is -0.467 e. The van der Waals surface area contributed by atoms with Gasteiger partial charge in [-0.1, -0.05) is 15.9 Å². The van der Waals surface area contributed by atoms with Crippen LogP contribution in [0.2, 0.25) is 0 Å². The van der Waals surface area contributed by atoms with E-state index >= 15 is 0 Å². The van der Waals surface area contributed by atoms with E-state index in [1.54, 1.807) is 41.3 Å². The number of hydrogen-bond acceptors (Lipinski definition) is 4. The first-order chi connectivity index (χ1) is 11.9. The third-order valence-corrected chi connectivity index (χ3v) is 5.77. The van der Waals surface area contributed by atoms with Gasteiger partial charge in [0.1, 0.15) is 11.8 Å². The number of rotatable bonds is 6. The first-order valence-electron chi connectivity index (χ1n) is 7.68. The summed E-state index contributed by atoms with van der Waals surface area (Å²) < 4.78 is 35.9. The second kappa shape index (κ2) is 7.15. The van der Waals surface area contributed by atoms with Crippen LogP contribution in [-0.4, -0.2) is 24.7 Å². The van der Waals surface area contributed by atoms with Crippen molar-refractivity contribution in [3.05, 3.63) is 70.3 Å². The standard InChI is InChI=1S/C17H18BrN3O3S/c1-12-10-13(2)21(20-12)16(17-4-3-9-24-17)11-19-25(22,23)15-7-5-14(18)6-8-15/h3-10,16,19H,11H2,1-2H3. The van der Waals surface area contributed by atoms with Crippen LogP contribution in [0.15, 0.2) is 62.5 Å². The van der Waals surface area contributed by atoms with E-state index in [4.69, 9.17) is 4.42 Å². The van der Waals surface area contributed by atoms with Crippen LogP contribution >= 0.6 is 15.9 Å².